The monoisotopic (exact) mass is 262 g/mol. The second-order valence-corrected chi connectivity index (χ2v) is 4.52. The lowest BCUT2D eigenvalue weighted by Gasteiger charge is -2.16. The molecule has 1 aromatic rings. The molecule has 0 saturated carbocycles. The number of alkyl halides is 3. The molecular formula is C12H17F3N2O. The molecule has 0 atom stereocenters. The summed E-state index contributed by atoms with van der Waals surface area (Å²) in [5.74, 6) is -0.165. The zero-order valence-electron chi connectivity index (χ0n) is 10.7. The average molecular weight is 262 g/mol. The highest BCUT2D eigenvalue weighted by molar-refractivity contribution is 5.98. The largest absolute Gasteiger partial charge is 0.390 e. The van der Waals surface area contributed by atoms with Gasteiger partial charge in [0.15, 0.2) is 5.78 Å². The van der Waals surface area contributed by atoms with Crippen LogP contribution in [0.3, 0.4) is 0 Å². The third-order valence-electron chi connectivity index (χ3n) is 2.64. The smallest absolute Gasteiger partial charge is 0.362 e. The molecule has 0 saturated heterocycles. The first-order chi connectivity index (χ1) is 8.19. The first kappa shape index (κ1) is 14.8. The fraction of sp³-hybridized carbons (Fsp3) is 0.583. The maximum atomic E-state index is 12.0. The molecule has 0 aromatic carbocycles. The number of aromatic amines is 1. The number of aryl methyl sites for hydroxylation is 2. The van der Waals surface area contributed by atoms with Gasteiger partial charge in [0.05, 0.1) is 13.0 Å². The summed E-state index contributed by atoms with van der Waals surface area (Å²) in [7, 11) is 1.51. The maximum Gasteiger partial charge on any atom is 0.390 e. The lowest BCUT2D eigenvalue weighted by molar-refractivity contribution is -0.137. The predicted octanol–water partition coefficient (Wildman–Crippen LogP) is 2.70. The zero-order chi connectivity index (χ0) is 13.9. The van der Waals surface area contributed by atoms with Gasteiger partial charge < -0.3 is 4.98 Å². The number of halogens is 3. The zero-order valence-corrected chi connectivity index (χ0v) is 10.7. The summed E-state index contributed by atoms with van der Waals surface area (Å²) in [5, 5.41) is 0. The van der Waals surface area contributed by atoms with Gasteiger partial charge in [-0.15, -0.1) is 0 Å². The van der Waals surface area contributed by atoms with Gasteiger partial charge in [0, 0.05) is 23.5 Å². The van der Waals surface area contributed by atoms with Crippen molar-refractivity contribution >= 4 is 5.78 Å². The van der Waals surface area contributed by atoms with E-state index in [1.165, 1.54) is 11.9 Å². The van der Waals surface area contributed by atoms with E-state index < -0.39 is 12.6 Å². The lowest BCUT2D eigenvalue weighted by atomic mass is 10.1. The van der Waals surface area contributed by atoms with Crippen molar-refractivity contribution in [3.63, 3.8) is 0 Å². The molecule has 1 rings (SSSR count). The molecule has 18 heavy (non-hydrogen) atoms. The molecule has 1 aromatic heterocycles. The number of hydrogen-bond acceptors (Lipinski definition) is 2. The molecule has 0 bridgehead atoms. The molecule has 1 heterocycles. The standard InChI is InChI=1S/C12H17F3N2O/c1-8-6-10(9(2)16-8)11(18)7-17(3)5-4-12(13,14)15/h6,16H,4-5,7H2,1-3H3. The Bertz CT molecular complexity index is 423. The van der Waals surface area contributed by atoms with Crippen molar-refractivity contribution in [3.05, 3.63) is 23.0 Å². The van der Waals surface area contributed by atoms with Gasteiger partial charge in [0.2, 0.25) is 0 Å². The van der Waals surface area contributed by atoms with Crippen LogP contribution < -0.4 is 0 Å². The summed E-state index contributed by atoms with van der Waals surface area (Å²) in [6.45, 7) is 3.43. The van der Waals surface area contributed by atoms with Crippen LogP contribution in [-0.4, -0.2) is 42.0 Å². The summed E-state index contributed by atoms with van der Waals surface area (Å²) in [5.41, 5.74) is 2.17. The Morgan fingerprint density at radius 3 is 2.44 bits per heavy atom. The van der Waals surface area contributed by atoms with Gasteiger partial charge in [-0.05, 0) is 27.0 Å². The van der Waals surface area contributed by atoms with Crippen molar-refractivity contribution < 1.29 is 18.0 Å². The van der Waals surface area contributed by atoms with Crippen LogP contribution in [0.4, 0.5) is 13.2 Å². The normalized spacial score (nSPS) is 12.2. The molecular weight excluding hydrogens is 245 g/mol. The maximum absolute atomic E-state index is 12.0. The minimum atomic E-state index is -4.18. The molecule has 1 N–H and O–H groups in total. The fourth-order valence-electron chi connectivity index (χ4n) is 1.74. The highest BCUT2D eigenvalue weighted by Gasteiger charge is 2.27. The first-order valence-electron chi connectivity index (χ1n) is 5.64. The Morgan fingerprint density at radius 1 is 1.39 bits per heavy atom. The van der Waals surface area contributed by atoms with Gasteiger partial charge in [-0.25, -0.2) is 0 Å². The topological polar surface area (TPSA) is 36.1 Å². The Morgan fingerprint density at radius 2 is 2.00 bits per heavy atom. The molecule has 6 heteroatoms. The number of carbonyl (C=O) groups is 1. The van der Waals surface area contributed by atoms with Crippen molar-refractivity contribution in [1.82, 2.24) is 9.88 Å². The van der Waals surface area contributed by atoms with E-state index in [1.807, 2.05) is 6.92 Å². The minimum Gasteiger partial charge on any atom is -0.362 e. The summed E-state index contributed by atoms with van der Waals surface area (Å²) in [6.07, 6.45) is -5.08. The number of likely N-dealkylation sites (N-methyl/N-ethyl adjacent to an activating group) is 1. The molecule has 0 aliphatic heterocycles. The van der Waals surface area contributed by atoms with Crippen LogP contribution in [0.25, 0.3) is 0 Å². The van der Waals surface area contributed by atoms with Crippen LogP contribution in [0.5, 0.6) is 0 Å². The number of H-pyrrole nitrogens is 1. The van der Waals surface area contributed by atoms with Crippen LogP contribution in [0.1, 0.15) is 28.2 Å². The van der Waals surface area contributed by atoms with Crippen LogP contribution in [0.15, 0.2) is 6.07 Å². The number of nitrogens with one attached hydrogen (secondary N) is 1. The Balaban J connectivity index is 2.52. The number of nitrogens with zero attached hydrogens (tertiary/aromatic N) is 1. The van der Waals surface area contributed by atoms with Gasteiger partial charge in [-0.2, -0.15) is 13.2 Å². The van der Waals surface area contributed by atoms with Crippen molar-refractivity contribution in [1.29, 1.82) is 0 Å². The average Bonchev–Trinajstić information content (AvgIpc) is 2.54. The number of Topliss-reactive ketones (excluding diaryl/α,β-unsaturated/α-hetero) is 1. The third kappa shape index (κ3) is 4.52. The highest BCUT2D eigenvalue weighted by atomic mass is 19.4. The van der Waals surface area contributed by atoms with Crippen LogP contribution in [-0.2, 0) is 0 Å². The molecule has 0 aliphatic carbocycles. The van der Waals surface area contributed by atoms with E-state index >= 15 is 0 Å². The predicted molar refractivity (Wildman–Crippen MR) is 62.8 cm³/mol. The molecule has 0 radical (unpaired) electrons. The fourth-order valence-corrected chi connectivity index (χ4v) is 1.74. The van der Waals surface area contributed by atoms with E-state index in [-0.39, 0.29) is 18.9 Å². The van der Waals surface area contributed by atoms with Crippen LogP contribution >= 0.6 is 0 Å². The number of hydrogen-bond donors (Lipinski definition) is 1. The summed E-state index contributed by atoms with van der Waals surface area (Å²) in [4.78, 5) is 16.3. The van der Waals surface area contributed by atoms with E-state index in [9.17, 15) is 18.0 Å². The summed E-state index contributed by atoms with van der Waals surface area (Å²) in [6, 6.07) is 1.72. The molecule has 3 nitrogen and oxygen atoms in total. The van der Waals surface area contributed by atoms with E-state index in [1.54, 1.807) is 13.0 Å². The van der Waals surface area contributed by atoms with Gasteiger partial charge >= 0.3 is 6.18 Å². The van der Waals surface area contributed by atoms with Gasteiger partial charge in [-0.1, -0.05) is 0 Å². The van der Waals surface area contributed by atoms with Crippen molar-refractivity contribution in [2.75, 3.05) is 20.1 Å². The Hall–Kier alpha value is -1.30. The second kappa shape index (κ2) is 5.56. The SMILES string of the molecule is Cc1cc(C(=O)CN(C)CCC(F)(F)F)c(C)[nH]1. The van der Waals surface area contributed by atoms with Crippen LogP contribution in [0.2, 0.25) is 0 Å². The van der Waals surface area contributed by atoms with Crippen molar-refractivity contribution in [2.24, 2.45) is 0 Å². The number of rotatable bonds is 5. The van der Waals surface area contributed by atoms with Gasteiger partial charge in [0.1, 0.15) is 0 Å². The Kier molecular flexibility index (Phi) is 4.56. The first-order valence-corrected chi connectivity index (χ1v) is 5.64. The van der Waals surface area contributed by atoms with Gasteiger partial charge in [0.25, 0.3) is 0 Å². The third-order valence-corrected chi connectivity index (χ3v) is 2.64. The second-order valence-electron chi connectivity index (χ2n) is 4.52. The van der Waals surface area contributed by atoms with E-state index in [4.69, 9.17) is 0 Å². The Labute approximate surface area is 104 Å². The van der Waals surface area contributed by atoms with Crippen molar-refractivity contribution in [3.8, 4) is 0 Å². The lowest BCUT2D eigenvalue weighted by Crippen LogP contribution is -2.29. The number of carbonyl (C=O) groups excluding carboxylic acids is 1. The summed E-state index contributed by atoms with van der Waals surface area (Å²) >= 11 is 0. The molecule has 0 fully saturated rings. The molecule has 0 spiro atoms. The minimum absolute atomic E-state index is 0.00574. The molecule has 102 valence electrons. The van der Waals surface area contributed by atoms with Gasteiger partial charge in [-0.3, -0.25) is 9.69 Å². The quantitative estimate of drug-likeness (QED) is 0.828. The van der Waals surface area contributed by atoms with Crippen LogP contribution in [0, 0.1) is 13.8 Å². The number of aromatic nitrogens is 1. The summed E-state index contributed by atoms with van der Waals surface area (Å²) < 4.78 is 36.1. The van der Waals surface area contributed by atoms with E-state index in [2.05, 4.69) is 4.98 Å². The van der Waals surface area contributed by atoms with Crippen molar-refractivity contribution in [2.45, 2.75) is 26.4 Å². The number of ketones is 1. The van der Waals surface area contributed by atoms with E-state index in [0.717, 1.165) is 11.4 Å². The molecule has 0 amide bonds. The highest BCUT2D eigenvalue weighted by Crippen LogP contribution is 2.19. The molecule has 0 unspecified atom stereocenters. The molecule has 0 aliphatic rings. The van der Waals surface area contributed by atoms with E-state index in [0.29, 0.717) is 5.56 Å².